The van der Waals surface area contributed by atoms with Gasteiger partial charge in [0.15, 0.2) is 0 Å². The number of alkyl halides is 3. The fourth-order valence-corrected chi connectivity index (χ4v) is 3.16. The Balaban J connectivity index is 0.000000310. The number of terminal acetylenes is 1. The maximum absolute atomic E-state index is 13.1. The molecule has 0 bridgehead atoms. The normalized spacial score (nSPS) is 14.7. The summed E-state index contributed by atoms with van der Waals surface area (Å²) < 4.78 is 39.2. The molecule has 0 radical (unpaired) electrons. The van der Waals surface area contributed by atoms with E-state index >= 15 is 0 Å². The number of anilines is 2. The summed E-state index contributed by atoms with van der Waals surface area (Å²) in [5, 5.41) is 11.0. The molecule has 1 heterocycles. The predicted octanol–water partition coefficient (Wildman–Crippen LogP) is 4.75. The molecule has 4 N–H and O–H groups in total. The van der Waals surface area contributed by atoms with Gasteiger partial charge in [-0.3, -0.25) is 4.79 Å². The summed E-state index contributed by atoms with van der Waals surface area (Å²) in [6, 6.07) is 17.1. The van der Waals surface area contributed by atoms with E-state index in [1.54, 1.807) is 42.5 Å². The third-order valence-electron chi connectivity index (χ3n) is 4.55. The van der Waals surface area contributed by atoms with Gasteiger partial charge in [-0.1, -0.05) is 42.3 Å². The number of hydrogen-bond donors (Lipinski definition) is 3. The molecule has 0 fully saturated rings. The number of fused-ring (bicyclic) bond motifs is 1. The van der Waals surface area contributed by atoms with E-state index in [0.29, 0.717) is 22.6 Å². The maximum atomic E-state index is 13.1. The highest BCUT2D eigenvalue weighted by atomic mass is 19.4. The van der Waals surface area contributed by atoms with Crippen LogP contribution in [0.2, 0.25) is 0 Å². The van der Waals surface area contributed by atoms with Crippen LogP contribution >= 0.6 is 0 Å². The highest BCUT2D eigenvalue weighted by Crippen LogP contribution is 2.44. The van der Waals surface area contributed by atoms with Crippen LogP contribution in [0.3, 0.4) is 0 Å². The first-order valence-electron chi connectivity index (χ1n) is 8.83. The predicted molar refractivity (Wildman–Crippen MR) is 109 cm³/mol. The number of para-hydroxylation sites is 2. The summed E-state index contributed by atoms with van der Waals surface area (Å²) in [4.78, 5) is 12.2. The number of aromatic hydroxyl groups is 1. The van der Waals surface area contributed by atoms with Gasteiger partial charge >= 0.3 is 6.18 Å². The molecule has 30 heavy (non-hydrogen) atoms. The summed E-state index contributed by atoms with van der Waals surface area (Å²) in [6.45, 7) is 0. The molecule has 1 amide bonds. The van der Waals surface area contributed by atoms with Crippen LogP contribution in [-0.2, 0) is 11.0 Å². The van der Waals surface area contributed by atoms with Crippen LogP contribution in [0.5, 0.6) is 5.75 Å². The Kier molecular flexibility index (Phi) is 5.70. The molecule has 1 atom stereocenters. The van der Waals surface area contributed by atoms with Crippen LogP contribution in [-0.4, -0.2) is 11.0 Å². The van der Waals surface area contributed by atoms with Crippen LogP contribution in [0.25, 0.3) is 0 Å². The van der Waals surface area contributed by atoms with Gasteiger partial charge in [0.05, 0.1) is 17.2 Å². The number of carbonyl (C=O) groups is 1. The number of carbonyl (C=O) groups excluding carboxylic acids is 1. The molecule has 3 aromatic rings. The van der Waals surface area contributed by atoms with Gasteiger partial charge in [0.25, 0.3) is 0 Å². The minimum atomic E-state index is -4.54. The fraction of sp³-hybridized carbons (Fsp3) is 0.0870. The van der Waals surface area contributed by atoms with E-state index in [4.69, 9.17) is 17.3 Å². The minimum absolute atomic E-state index is 0.200. The van der Waals surface area contributed by atoms with E-state index in [0.717, 1.165) is 6.07 Å². The van der Waals surface area contributed by atoms with Crippen molar-refractivity contribution in [2.24, 2.45) is 0 Å². The summed E-state index contributed by atoms with van der Waals surface area (Å²) in [5.41, 5.74) is 6.21. The van der Waals surface area contributed by atoms with Crippen molar-refractivity contribution in [3.63, 3.8) is 0 Å². The van der Waals surface area contributed by atoms with Crippen molar-refractivity contribution >= 4 is 17.3 Å². The number of benzene rings is 3. The number of phenols is 1. The molecule has 3 aromatic carbocycles. The van der Waals surface area contributed by atoms with E-state index < -0.39 is 23.6 Å². The van der Waals surface area contributed by atoms with E-state index in [-0.39, 0.29) is 11.3 Å². The molecule has 1 aliphatic rings. The lowest BCUT2D eigenvalue weighted by molar-refractivity contribution is -0.136. The van der Waals surface area contributed by atoms with Gasteiger partial charge in [-0.2, -0.15) is 13.2 Å². The zero-order valence-electron chi connectivity index (χ0n) is 15.6. The number of rotatable bonds is 1. The first-order chi connectivity index (χ1) is 14.2. The second-order valence-corrected chi connectivity index (χ2v) is 6.52. The van der Waals surface area contributed by atoms with Crippen molar-refractivity contribution in [3.8, 4) is 18.1 Å². The van der Waals surface area contributed by atoms with Crippen LogP contribution in [0.4, 0.5) is 24.5 Å². The number of halogens is 3. The Morgan fingerprint density at radius 3 is 2.30 bits per heavy atom. The number of hydrogen-bond acceptors (Lipinski definition) is 3. The number of phenolic OH excluding ortho intramolecular Hbond substituents is 1. The Morgan fingerprint density at radius 1 is 1.03 bits per heavy atom. The van der Waals surface area contributed by atoms with Gasteiger partial charge in [-0.15, -0.1) is 6.42 Å². The summed E-state index contributed by atoms with van der Waals surface area (Å²) >= 11 is 0. The molecule has 0 spiro atoms. The number of nitrogens with two attached hydrogens (primary N) is 1. The average molecular weight is 410 g/mol. The number of nitrogens with one attached hydrogen (secondary N) is 1. The largest absolute Gasteiger partial charge is 0.508 e. The maximum Gasteiger partial charge on any atom is 0.418 e. The van der Waals surface area contributed by atoms with Gasteiger partial charge in [0.1, 0.15) is 5.75 Å². The monoisotopic (exact) mass is 410 g/mol. The van der Waals surface area contributed by atoms with Gasteiger partial charge in [0.2, 0.25) is 5.91 Å². The molecule has 0 saturated heterocycles. The zero-order valence-corrected chi connectivity index (χ0v) is 15.6. The molecule has 4 nitrogen and oxygen atoms in total. The molecular weight excluding hydrogens is 393 g/mol. The second kappa shape index (κ2) is 8.21. The van der Waals surface area contributed by atoms with E-state index in [2.05, 4.69) is 11.2 Å². The minimum Gasteiger partial charge on any atom is -0.508 e. The van der Waals surface area contributed by atoms with Crippen molar-refractivity contribution in [1.82, 2.24) is 0 Å². The van der Waals surface area contributed by atoms with Crippen molar-refractivity contribution in [2.75, 3.05) is 11.1 Å². The summed E-state index contributed by atoms with van der Waals surface area (Å²) in [7, 11) is 0. The Morgan fingerprint density at radius 2 is 1.73 bits per heavy atom. The van der Waals surface area contributed by atoms with Crippen LogP contribution < -0.4 is 11.1 Å². The van der Waals surface area contributed by atoms with Gasteiger partial charge in [-0.25, -0.2) is 0 Å². The second-order valence-electron chi connectivity index (χ2n) is 6.52. The van der Waals surface area contributed by atoms with E-state index in [9.17, 15) is 18.0 Å². The van der Waals surface area contributed by atoms with Gasteiger partial charge in [0, 0.05) is 11.3 Å². The van der Waals surface area contributed by atoms with Crippen LogP contribution in [0.1, 0.15) is 28.2 Å². The molecule has 0 aromatic heterocycles. The third-order valence-corrected chi connectivity index (χ3v) is 4.55. The highest BCUT2D eigenvalue weighted by molar-refractivity contribution is 6.06. The smallest absolute Gasteiger partial charge is 0.418 e. The Bertz CT molecular complexity index is 1120. The Labute approximate surface area is 171 Å². The van der Waals surface area contributed by atoms with Gasteiger partial charge < -0.3 is 16.2 Å². The molecule has 1 unspecified atom stereocenters. The van der Waals surface area contributed by atoms with Crippen molar-refractivity contribution < 1.29 is 23.1 Å². The van der Waals surface area contributed by atoms with Crippen molar-refractivity contribution in [1.29, 1.82) is 0 Å². The molecule has 4 rings (SSSR count). The van der Waals surface area contributed by atoms with Crippen LogP contribution in [0.15, 0.2) is 66.7 Å². The molecule has 1 aliphatic heterocycles. The Hall–Kier alpha value is -3.92. The molecule has 0 saturated carbocycles. The molecule has 7 heteroatoms. The summed E-state index contributed by atoms with van der Waals surface area (Å²) in [6.07, 6.45) is 0.806. The molecular formula is C23H17F3N2O2. The lowest BCUT2D eigenvalue weighted by Gasteiger charge is -2.13. The van der Waals surface area contributed by atoms with Crippen LogP contribution in [0, 0.1) is 12.3 Å². The fourth-order valence-electron chi connectivity index (χ4n) is 3.16. The number of amides is 1. The van der Waals surface area contributed by atoms with E-state index in [1.165, 1.54) is 12.1 Å². The lowest BCUT2D eigenvalue weighted by Crippen LogP contribution is -2.14. The van der Waals surface area contributed by atoms with Crippen molar-refractivity contribution in [2.45, 2.75) is 12.1 Å². The molecule has 152 valence electrons. The van der Waals surface area contributed by atoms with Crippen molar-refractivity contribution in [3.05, 3.63) is 89.0 Å². The topological polar surface area (TPSA) is 75.4 Å². The standard InChI is InChI=1S/C17H11F3N2O.C6H6O/c1-2-9-8-10(6-7-13(9)21)14-11-4-3-5-12(17(18,19)20)15(11)22-16(14)23;7-6-4-2-1-3-5-6/h1,3-8,14H,21H2,(H,22,23);1-5,7H. The highest BCUT2D eigenvalue weighted by Gasteiger charge is 2.41. The molecule has 0 aliphatic carbocycles. The lowest BCUT2D eigenvalue weighted by atomic mass is 9.90. The zero-order chi connectivity index (χ0) is 21.9. The average Bonchev–Trinajstić information content (AvgIpc) is 3.04. The first-order valence-corrected chi connectivity index (χ1v) is 8.83. The first kappa shape index (κ1) is 20.8. The van der Waals surface area contributed by atoms with Gasteiger partial charge in [-0.05, 0) is 41.5 Å². The SMILES string of the molecule is C#Cc1cc(C2C(=O)Nc3c2cccc3C(F)(F)F)ccc1N.Oc1ccccc1. The number of nitrogen functional groups attached to an aromatic ring is 1. The summed E-state index contributed by atoms with van der Waals surface area (Å²) in [5.74, 6) is 1.35. The quantitative estimate of drug-likeness (QED) is 0.401. The van der Waals surface area contributed by atoms with E-state index in [1.807, 2.05) is 6.07 Å². The third kappa shape index (κ3) is 4.23.